The van der Waals surface area contributed by atoms with Crippen molar-refractivity contribution in [3.8, 4) is 11.5 Å². The molecule has 1 aromatic carbocycles. The van der Waals surface area contributed by atoms with E-state index in [4.69, 9.17) is 9.47 Å². The monoisotopic (exact) mass is 391 g/mol. The van der Waals surface area contributed by atoms with Crippen molar-refractivity contribution in [2.75, 3.05) is 31.3 Å². The number of carbonyl (C=O) groups excluding carboxylic acids is 1. The zero-order valence-electron chi connectivity index (χ0n) is 14.9. The molecule has 3 rings (SSSR count). The van der Waals surface area contributed by atoms with Gasteiger partial charge in [0.1, 0.15) is 13.2 Å². The number of rotatable bonds is 7. The number of aromatic nitrogens is 1. The number of nitrogens with zero attached hydrogens (tertiary/aromatic N) is 2. The predicted octanol–water partition coefficient (Wildman–Crippen LogP) is 1.64. The average molecular weight is 391 g/mol. The largest absolute Gasteiger partial charge is 0.486 e. The van der Waals surface area contributed by atoms with E-state index in [0.717, 1.165) is 11.8 Å². The fourth-order valence-electron chi connectivity index (χ4n) is 2.62. The summed E-state index contributed by atoms with van der Waals surface area (Å²) in [5.74, 6) is 0.935. The molecule has 1 aromatic heterocycles. The smallest absolute Gasteiger partial charge is 0.225 e. The van der Waals surface area contributed by atoms with Crippen LogP contribution in [0.5, 0.6) is 11.5 Å². The Bertz CT molecular complexity index is 902. The number of pyridine rings is 1. The lowest BCUT2D eigenvalue weighted by atomic mass is 10.2. The molecule has 1 amide bonds. The number of nitrogens with one attached hydrogen (secondary N) is 1. The van der Waals surface area contributed by atoms with Crippen molar-refractivity contribution >= 4 is 21.6 Å². The molecule has 27 heavy (non-hydrogen) atoms. The minimum absolute atomic E-state index is 0.0343. The number of hydrogen-bond donors (Lipinski definition) is 1. The van der Waals surface area contributed by atoms with Crippen LogP contribution in [-0.2, 0) is 21.4 Å². The molecule has 0 saturated heterocycles. The number of fused-ring (bicyclic) bond motifs is 1. The van der Waals surface area contributed by atoms with Gasteiger partial charge in [-0.3, -0.25) is 9.78 Å². The Morgan fingerprint density at radius 2 is 1.85 bits per heavy atom. The first-order chi connectivity index (χ1) is 12.9. The number of anilines is 1. The van der Waals surface area contributed by atoms with Gasteiger partial charge in [-0.15, -0.1) is 0 Å². The topological polar surface area (TPSA) is 97.8 Å². The van der Waals surface area contributed by atoms with Crippen LogP contribution in [0.3, 0.4) is 0 Å². The predicted molar refractivity (Wildman–Crippen MR) is 100 cm³/mol. The summed E-state index contributed by atoms with van der Waals surface area (Å²) >= 11 is 0. The summed E-state index contributed by atoms with van der Waals surface area (Å²) in [6, 6.07) is 8.63. The molecule has 2 heterocycles. The molecular formula is C18H21N3O5S. The van der Waals surface area contributed by atoms with Gasteiger partial charge >= 0.3 is 0 Å². The van der Waals surface area contributed by atoms with E-state index in [1.807, 2.05) is 0 Å². The highest BCUT2D eigenvalue weighted by Crippen LogP contribution is 2.32. The van der Waals surface area contributed by atoms with Crippen molar-refractivity contribution in [3.63, 3.8) is 0 Å². The van der Waals surface area contributed by atoms with Crippen LogP contribution >= 0.6 is 0 Å². The van der Waals surface area contributed by atoms with E-state index in [0.29, 0.717) is 30.4 Å². The molecule has 0 fully saturated rings. The number of benzene rings is 1. The van der Waals surface area contributed by atoms with Gasteiger partial charge in [-0.2, -0.15) is 4.31 Å². The Balaban J connectivity index is 1.59. The second kappa shape index (κ2) is 8.36. The van der Waals surface area contributed by atoms with Crippen molar-refractivity contribution in [1.29, 1.82) is 0 Å². The third-order valence-corrected chi connectivity index (χ3v) is 5.24. The molecule has 144 valence electrons. The van der Waals surface area contributed by atoms with Crippen LogP contribution in [-0.4, -0.2) is 49.6 Å². The van der Waals surface area contributed by atoms with Crippen molar-refractivity contribution < 1.29 is 22.7 Å². The quantitative estimate of drug-likeness (QED) is 0.771. The second-order valence-electron chi connectivity index (χ2n) is 6.11. The lowest BCUT2D eigenvalue weighted by Crippen LogP contribution is -2.32. The van der Waals surface area contributed by atoms with Crippen molar-refractivity contribution in [3.05, 3.63) is 48.3 Å². The molecule has 0 bridgehead atoms. The molecule has 0 spiro atoms. The van der Waals surface area contributed by atoms with E-state index >= 15 is 0 Å². The van der Waals surface area contributed by atoms with Gasteiger partial charge in [0.25, 0.3) is 0 Å². The van der Waals surface area contributed by atoms with Gasteiger partial charge in [0, 0.05) is 43.7 Å². The van der Waals surface area contributed by atoms with E-state index in [-0.39, 0.29) is 25.4 Å². The Morgan fingerprint density at radius 3 is 2.56 bits per heavy atom. The lowest BCUT2D eigenvalue weighted by molar-refractivity contribution is -0.116. The Kier molecular flexibility index (Phi) is 5.92. The molecule has 1 aliphatic heterocycles. The number of amides is 1. The molecule has 2 aromatic rings. The van der Waals surface area contributed by atoms with E-state index < -0.39 is 10.0 Å². The fourth-order valence-corrected chi connectivity index (χ4v) is 3.43. The normalized spacial score (nSPS) is 13.4. The maximum Gasteiger partial charge on any atom is 0.225 e. The second-order valence-corrected chi connectivity index (χ2v) is 8.09. The van der Waals surface area contributed by atoms with Gasteiger partial charge in [0.2, 0.25) is 15.9 Å². The van der Waals surface area contributed by atoms with Crippen LogP contribution in [0.25, 0.3) is 0 Å². The first-order valence-electron chi connectivity index (χ1n) is 8.45. The third kappa shape index (κ3) is 5.41. The van der Waals surface area contributed by atoms with E-state index in [1.165, 1.54) is 4.31 Å². The Labute approximate surface area is 158 Å². The molecule has 0 unspecified atom stereocenters. The summed E-state index contributed by atoms with van der Waals surface area (Å²) in [6.45, 7) is 1.23. The summed E-state index contributed by atoms with van der Waals surface area (Å²) in [5.41, 5.74) is 1.38. The van der Waals surface area contributed by atoms with Gasteiger partial charge in [-0.05, 0) is 29.8 Å². The van der Waals surface area contributed by atoms with E-state index in [1.54, 1.807) is 42.7 Å². The van der Waals surface area contributed by atoms with Crippen molar-refractivity contribution in [2.24, 2.45) is 0 Å². The molecule has 1 aliphatic rings. The Morgan fingerprint density at radius 1 is 1.15 bits per heavy atom. The summed E-state index contributed by atoms with van der Waals surface area (Å²) in [6.07, 6.45) is 4.37. The number of carbonyl (C=O) groups is 1. The van der Waals surface area contributed by atoms with Gasteiger partial charge in [-0.1, -0.05) is 0 Å². The average Bonchev–Trinajstić information content (AvgIpc) is 2.65. The van der Waals surface area contributed by atoms with Gasteiger partial charge in [0.15, 0.2) is 11.5 Å². The molecule has 0 aliphatic carbocycles. The Hall–Kier alpha value is -2.65. The minimum atomic E-state index is -3.45. The van der Waals surface area contributed by atoms with E-state index in [2.05, 4.69) is 10.3 Å². The first kappa shape index (κ1) is 19.1. The standard InChI is InChI=1S/C18H21N3O5S/c1-27(23,24)21(13-14-4-7-19-8-5-14)9-6-18(22)20-15-2-3-16-17(12-15)26-11-10-25-16/h2-5,7-8,12H,6,9-11,13H2,1H3,(H,20,22). The van der Waals surface area contributed by atoms with Crippen LogP contribution in [0.1, 0.15) is 12.0 Å². The summed E-state index contributed by atoms with van der Waals surface area (Å²) in [5, 5.41) is 2.76. The molecule has 1 N–H and O–H groups in total. The molecule has 8 nitrogen and oxygen atoms in total. The van der Waals surface area contributed by atoms with Gasteiger partial charge in [-0.25, -0.2) is 8.42 Å². The molecular weight excluding hydrogens is 370 g/mol. The van der Waals surface area contributed by atoms with Gasteiger partial charge in [0.05, 0.1) is 6.26 Å². The molecule has 9 heteroatoms. The van der Waals surface area contributed by atoms with Crippen LogP contribution in [0.2, 0.25) is 0 Å². The fraction of sp³-hybridized carbons (Fsp3) is 0.333. The zero-order chi connectivity index (χ0) is 19.3. The maximum atomic E-state index is 12.2. The zero-order valence-corrected chi connectivity index (χ0v) is 15.7. The number of ether oxygens (including phenoxy) is 2. The van der Waals surface area contributed by atoms with E-state index in [9.17, 15) is 13.2 Å². The number of hydrogen-bond acceptors (Lipinski definition) is 6. The highest BCUT2D eigenvalue weighted by atomic mass is 32.2. The third-order valence-electron chi connectivity index (χ3n) is 3.99. The molecule has 0 saturated carbocycles. The number of sulfonamides is 1. The summed E-state index contributed by atoms with van der Waals surface area (Å²) in [4.78, 5) is 16.2. The summed E-state index contributed by atoms with van der Waals surface area (Å²) in [7, 11) is -3.45. The van der Waals surface area contributed by atoms with Crippen LogP contribution in [0.4, 0.5) is 5.69 Å². The minimum Gasteiger partial charge on any atom is -0.486 e. The first-order valence-corrected chi connectivity index (χ1v) is 10.3. The summed E-state index contributed by atoms with van der Waals surface area (Å²) < 4.78 is 36.2. The molecule has 0 atom stereocenters. The van der Waals surface area contributed by atoms with Crippen molar-refractivity contribution in [1.82, 2.24) is 9.29 Å². The van der Waals surface area contributed by atoms with Gasteiger partial charge < -0.3 is 14.8 Å². The molecule has 0 radical (unpaired) electrons. The highest BCUT2D eigenvalue weighted by Gasteiger charge is 2.19. The van der Waals surface area contributed by atoms with Crippen LogP contribution in [0, 0.1) is 0 Å². The van der Waals surface area contributed by atoms with Crippen LogP contribution in [0.15, 0.2) is 42.7 Å². The highest BCUT2D eigenvalue weighted by molar-refractivity contribution is 7.88. The van der Waals surface area contributed by atoms with Crippen LogP contribution < -0.4 is 14.8 Å². The maximum absolute atomic E-state index is 12.2. The van der Waals surface area contributed by atoms with Crippen molar-refractivity contribution in [2.45, 2.75) is 13.0 Å². The lowest BCUT2D eigenvalue weighted by Gasteiger charge is -2.20. The SMILES string of the molecule is CS(=O)(=O)N(CCC(=O)Nc1ccc2c(c1)OCCO2)Cc1ccncc1.